The van der Waals surface area contributed by atoms with Crippen LogP contribution in [-0.2, 0) is 4.79 Å². The van der Waals surface area contributed by atoms with E-state index in [1.54, 1.807) is 12.1 Å². The van der Waals surface area contributed by atoms with E-state index in [0.29, 0.717) is 6.29 Å². The summed E-state index contributed by atoms with van der Waals surface area (Å²) in [5.74, 6) is 0. The van der Waals surface area contributed by atoms with E-state index >= 15 is 0 Å². The first-order valence-corrected chi connectivity index (χ1v) is 3.08. The molecule has 0 spiro atoms. The number of hydrogen-bond donors (Lipinski definition) is 0. The zero-order chi connectivity index (χ0) is 8.20. The minimum absolute atomic E-state index is 0.0913. The topological polar surface area (TPSA) is 40.9 Å². The monoisotopic (exact) mass is 137 g/mol. The summed E-state index contributed by atoms with van der Waals surface area (Å²) in [6.07, 6.45) is 2.23. The van der Waals surface area contributed by atoms with Crippen molar-refractivity contribution >= 4 is 6.29 Å². The summed E-state index contributed by atoms with van der Waals surface area (Å²) < 4.78 is 0. The van der Waals surface area contributed by atoms with Gasteiger partial charge < -0.3 is 0 Å². The Hall–Kier alpha value is -1.10. The van der Waals surface area contributed by atoms with Crippen molar-refractivity contribution in [3.8, 4) is 6.07 Å². The third kappa shape index (κ3) is 3.85. The van der Waals surface area contributed by atoms with Gasteiger partial charge in [-0.25, -0.2) is 0 Å². The van der Waals surface area contributed by atoms with Crippen LogP contribution >= 0.6 is 0 Å². The van der Waals surface area contributed by atoms with Gasteiger partial charge in [-0.2, -0.15) is 5.26 Å². The number of nitriles is 1. The average Bonchev–Trinajstić information content (AvgIpc) is 1.81. The minimum Gasteiger partial charge on any atom is -0.297 e. The minimum atomic E-state index is -0.0913. The Kier molecular flexibility index (Phi) is 2.82. The maximum Gasteiger partial charge on any atom is 0.160 e. The van der Waals surface area contributed by atoms with Crippen LogP contribution in [0.25, 0.3) is 0 Å². The second kappa shape index (κ2) is 3.17. The molecule has 0 bridgehead atoms. The largest absolute Gasteiger partial charge is 0.297 e. The van der Waals surface area contributed by atoms with Crippen LogP contribution in [0.3, 0.4) is 0 Å². The van der Waals surface area contributed by atoms with Crippen LogP contribution in [0.15, 0.2) is 11.6 Å². The Balaban J connectivity index is 4.45. The van der Waals surface area contributed by atoms with Gasteiger partial charge in [-0.15, -0.1) is 0 Å². The van der Waals surface area contributed by atoms with Gasteiger partial charge in [0, 0.05) is 0 Å². The molecule has 0 unspecified atom stereocenters. The molecule has 0 aliphatic rings. The number of carbonyl (C=O) groups is 1. The molecular formula is C8H11NO. The van der Waals surface area contributed by atoms with E-state index in [0.717, 1.165) is 0 Å². The standard InChI is InChI=1S/C8H11NO/c1-8(2,3)4-7(5-9)6-10/h4,6H,1-3H3/b7-4+. The van der Waals surface area contributed by atoms with E-state index in [4.69, 9.17) is 5.26 Å². The molecule has 0 aromatic carbocycles. The summed E-state index contributed by atoms with van der Waals surface area (Å²) in [6.45, 7) is 5.82. The fourth-order valence-electron chi connectivity index (χ4n) is 0.559. The van der Waals surface area contributed by atoms with Crippen molar-refractivity contribution in [2.24, 2.45) is 5.41 Å². The highest BCUT2D eigenvalue weighted by Crippen LogP contribution is 2.16. The summed E-state index contributed by atoms with van der Waals surface area (Å²) in [5, 5.41) is 8.34. The van der Waals surface area contributed by atoms with Crippen LogP contribution in [0.5, 0.6) is 0 Å². The fourth-order valence-corrected chi connectivity index (χ4v) is 0.559. The lowest BCUT2D eigenvalue weighted by atomic mass is 9.94. The first kappa shape index (κ1) is 8.90. The zero-order valence-corrected chi connectivity index (χ0v) is 6.51. The molecule has 0 N–H and O–H groups in total. The van der Waals surface area contributed by atoms with E-state index in [2.05, 4.69) is 0 Å². The molecule has 0 aromatic heterocycles. The molecule has 0 atom stereocenters. The van der Waals surface area contributed by atoms with Gasteiger partial charge in [0.25, 0.3) is 0 Å². The maximum atomic E-state index is 10.1. The van der Waals surface area contributed by atoms with Gasteiger partial charge in [0.1, 0.15) is 6.07 Å². The lowest BCUT2D eigenvalue weighted by Crippen LogP contribution is -2.01. The molecule has 0 saturated carbocycles. The third-order valence-corrected chi connectivity index (χ3v) is 0.845. The SMILES string of the molecule is CC(C)(C)/C=C(\C#N)C=O. The van der Waals surface area contributed by atoms with Crippen LogP contribution < -0.4 is 0 Å². The third-order valence-electron chi connectivity index (χ3n) is 0.845. The highest BCUT2D eigenvalue weighted by Gasteiger charge is 2.06. The first-order valence-electron chi connectivity index (χ1n) is 3.08. The number of allylic oxidation sites excluding steroid dienone is 2. The van der Waals surface area contributed by atoms with Crippen LogP contribution in [0.2, 0.25) is 0 Å². The number of aldehydes is 1. The smallest absolute Gasteiger partial charge is 0.160 e. The van der Waals surface area contributed by atoms with Gasteiger partial charge in [0.05, 0.1) is 5.57 Å². The highest BCUT2D eigenvalue weighted by molar-refractivity contribution is 5.78. The second-order valence-corrected chi connectivity index (χ2v) is 3.20. The molecule has 10 heavy (non-hydrogen) atoms. The van der Waals surface area contributed by atoms with Gasteiger partial charge in [-0.1, -0.05) is 26.8 Å². The van der Waals surface area contributed by atoms with Crippen molar-refractivity contribution < 1.29 is 4.79 Å². The van der Waals surface area contributed by atoms with Crippen molar-refractivity contribution in [1.82, 2.24) is 0 Å². The molecule has 0 radical (unpaired) electrons. The quantitative estimate of drug-likeness (QED) is 0.313. The summed E-state index contributed by atoms with van der Waals surface area (Å²) >= 11 is 0. The van der Waals surface area contributed by atoms with Crippen molar-refractivity contribution in [2.45, 2.75) is 20.8 Å². The summed E-state index contributed by atoms with van der Waals surface area (Å²) in [6, 6.07) is 1.80. The number of rotatable bonds is 1. The Labute approximate surface area is 61.2 Å². The first-order chi connectivity index (χ1) is 4.49. The lowest BCUT2D eigenvalue weighted by molar-refractivity contribution is -0.104. The molecule has 0 saturated heterocycles. The van der Waals surface area contributed by atoms with Crippen molar-refractivity contribution in [3.05, 3.63) is 11.6 Å². The fraction of sp³-hybridized carbons (Fsp3) is 0.500. The summed E-state index contributed by atoms with van der Waals surface area (Å²) in [5.41, 5.74) is 0.110. The highest BCUT2D eigenvalue weighted by atomic mass is 16.1. The van der Waals surface area contributed by atoms with Crippen LogP contribution in [0.1, 0.15) is 20.8 Å². The molecule has 54 valence electrons. The molecule has 0 heterocycles. The van der Waals surface area contributed by atoms with Gasteiger partial charge in [-0.05, 0) is 5.41 Å². The predicted octanol–water partition coefficient (Wildman–Crippen LogP) is 1.68. The molecular weight excluding hydrogens is 126 g/mol. The van der Waals surface area contributed by atoms with E-state index in [9.17, 15) is 4.79 Å². The van der Waals surface area contributed by atoms with E-state index < -0.39 is 0 Å². The van der Waals surface area contributed by atoms with E-state index in [-0.39, 0.29) is 11.0 Å². The zero-order valence-electron chi connectivity index (χ0n) is 6.51. The van der Waals surface area contributed by atoms with Gasteiger partial charge in [0.15, 0.2) is 6.29 Å². The Morgan fingerprint density at radius 1 is 1.50 bits per heavy atom. The van der Waals surface area contributed by atoms with Crippen molar-refractivity contribution in [3.63, 3.8) is 0 Å². The van der Waals surface area contributed by atoms with Crippen LogP contribution in [0.4, 0.5) is 0 Å². The second-order valence-electron chi connectivity index (χ2n) is 3.20. The van der Waals surface area contributed by atoms with Crippen LogP contribution in [0, 0.1) is 16.7 Å². The molecule has 0 rings (SSSR count). The number of hydrogen-bond acceptors (Lipinski definition) is 2. The Morgan fingerprint density at radius 3 is 2.10 bits per heavy atom. The molecule has 2 nitrogen and oxygen atoms in total. The molecule has 0 amide bonds. The summed E-state index contributed by atoms with van der Waals surface area (Å²) in [4.78, 5) is 10.1. The molecule has 0 fully saturated rings. The van der Waals surface area contributed by atoms with E-state index in [1.165, 1.54) is 0 Å². The van der Waals surface area contributed by atoms with Crippen molar-refractivity contribution in [2.75, 3.05) is 0 Å². The number of carbonyl (C=O) groups excluding carboxylic acids is 1. The van der Waals surface area contributed by atoms with Crippen molar-refractivity contribution in [1.29, 1.82) is 5.26 Å². The number of nitrogens with zero attached hydrogens (tertiary/aromatic N) is 1. The molecule has 0 aromatic rings. The molecule has 0 aliphatic carbocycles. The molecule has 0 aliphatic heterocycles. The van der Waals surface area contributed by atoms with E-state index in [1.807, 2.05) is 20.8 Å². The van der Waals surface area contributed by atoms with Gasteiger partial charge in [-0.3, -0.25) is 4.79 Å². The van der Waals surface area contributed by atoms with Crippen LogP contribution in [-0.4, -0.2) is 6.29 Å². The predicted molar refractivity (Wildman–Crippen MR) is 39.2 cm³/mol. The Morgan fingerprint density at radius 2 is 2.00 bits per heavy atom. The lowest BCUT2D eigenvalue weighted by Gasteiger charge is -2.10. The average molecular weight is 137 g/mol. The normalized spacial score (nSPS) is 12.4. The maximum absolute atomic E-state index is 10.1. The molecule has 2 heteroatoms. The van der Waals surface area contributed by atoms with Gasteiger partial charge >= 0.3 is 0 Å². The van der Waals surface area contributed by atoms with Gasteiger partial charge in [0.2, 0.25) is 0 Å². The Bertz CT molecular complexity index is 190. The summed E-state index contributed by atoms with van der Waals surface area (Å²) in [7, 11) is 0.